The molecule has 0 atom stereocenters. The maximum Gasteiger partial charge on any atom is 0.235 e. The highest BCUT2D eigenvalue weighted by Crippen LogP contribution is 2.43. The lowest BCUT2D eigenvalue weighted by Crippen LogP contribution is -2.02. The van der Waals surface area contributed by atoms with Crippen LogP contribution in [0, 0.1) is 0 Å². The molecule has 0 aliphatic heterocycles. The van der Waals surface area contributed by atoms with Crippen LogP contribution < -0.4 is 0 Å². The van der Waals surface area contributed by atoms with E-state index in [9.17, 15) is 0 Å². The number of aromatic nitrogens is 3. The zero-order valence-corrected chi connectivity index (χ0v) is 27.7. The first-order valence-corrected chi connectivity index (χ1v) is 18.0. The quantitative estimate of drug-likeness (QED) is 0.189. The highest BCUT2D eigenvalue weighted by molar-refractivity contribution is 7.26. The Bertz CT molecular complexity index is 3090. The average Bonchev–Trinajstić information content (AvgIpc) is 3.83. The van der Waals surface area contributed by atoms with Crippen LogP contribution in [-0.4, -0.2) is 14.5 Å². The lowest BCUT2D eigenvalue weighted by atomic mass is 10.0. The number of nitrogens with zero attached hydrogens (tertiary/aromatic N) is 3. The minimum atomic E-state index is 0.686. The van der Waals surface area contributed by atoms with Gasteiger partial charge in [-0.2, -0.15) is 0 Å². The van der Waals surface area contributed by atoms with Crippen LogP contribution in [0.5, 0.6) is 0 Å². The van der Waals surface area contributed by atoms with E-state index in [1.54, 1.807) is 11.3 Å². The Kier molecular flexibility index (Phi) is 5.70. The van der Waals surface area contributed by atoms with E-state index in [2.05, 4.69) is 156 Å². The first-order chi connectivity index (χ1) is 24.3. The minimum absolute atomic E-state index is 0.686. The van der Waals surface area contributed by atoms with E-state index < -0.39 is 0 Å². The van der Waals surface area contributed by atoms with Crippen molar-refractivity contribution in [1.82, 2.24) is 14.5 Å². The fraction of sp³-hybridized carbons (Fsp3) is 0. The number of fused-ring (bicyclic) bond motifs is 11. The van der Waals surface area contributed by atoms with Gasteiger partial charge in [0, 0.05) is 46.6 Å². The topological polar surface area (TPSA) is 30.7 Å². The molecular formula is C44H25N3S2. The van der Waals surface area contributed by atoms with Gasteiger partial charge in [0.2, 0.25) is 5.95 Å². The Morgan fingerprint density at radius 2 is 1.10 bits per heavy atom. The summed E-state index contributed by atoms with van der Waals surface area (Å²) < 4.78 is 7.23. The molecule has 0 fully saturated rings. The molecule has 0 unspecified atom stereocenters. The Labute approximate surface area is 289 Å². The van der Waals surface area contributed by atoms with Crippen molar-refractivity contribution in [2.45, 2.75) is 0 Å². The summed E-state index contributed by atoms with van der Waals surface area (Å²) in [6, 6.07) is 54.6. The van der Waals surface area contributed by atoms with Gasteiger partial charge < -0.3 is 0 Å². The second-order valence-corrected chi connectivity index (χ2v) is 14.7. The molecule has 5 heteroatoms. The molecule has 11 rings (SSSR count). The van der Waals surface area contributed by atoms with Gasteiger partial charge in [0.25, 0.3) is 0 Å². The molecule has 4 aromatic heterocycles. The standard InChI is InChI=1S/C44H25N3S2/c1-2-10-26(11-3-1)27-18-20-28(21-19-27)41-43-42(32-14-6-9-17-38(32)49-43)46-44(45-41)47-35-15-7-4-12-30(35)34-25-33-29(24-36(34)47)22-23-39-40(33)31-13-5-8-16-37(31)48-39/h1-25H. The molecule has 0 aliphatic rings. The summed E-state index contributed by atoms with van der Waals surface area (Å²) in [5.41, 5.74) is 7.63. The van der Waals surface area contributed by atoms with Crippen molar-refractivity contribution < 1.29 is 0 Å². The lowest BCUT2D eigenvalue weighted by Gasteiger charge is -2.11. The molecule has 11 aromatic rings. The zero-order valence-electron chi connectivity index (χ0n) is 26.1. The lowest BCUT2D eigenvalue weighted by molar-refractivity contribution is 1.02. The van der Waals surface area contributed by atoms with Crippen LogP contribution in [0.3, 0.4) is 0 Å². The molecule has 0 aliphatic carbocycles. The van der Waals surface area contributed by atoms with E-state index in [1.165, 1.54) is 57.5 Å². The van der Waals surface area contributed by atoms with Crippen LogP contribution in [-0.2, 0) is 0 Å². The SMILES string of the molecule is c1ccc(-c2ccc(-c3nc(-n4c5ccccc5c5cc6c(ccc7sc8ccccc8c76)cc54)nc4c3sc3ccccc34)cc2)cc1. The Hall–Kier alpha value is -5.88. The third-order valence-electron chi connectivity index (χ3n) is 9.82. The van der Waals surface area contributed by atoms with Crippen molar-refractivity contribution in [3.63, 3.8) is 0 Å². The maximum atomic E-state index is 5.44. The summed E-state index contributed by atoms with van der Waals surface area (Å²) in [6.07, 6.45) is 0. The molecule has 0 saturated heterocycles. The van der Waals surface area contributed by atoms with Crippen molar-refractivity contribution in [2.75, 3.05) is 0 Å². The van der Waals surface area contributed by atoms with E-state index in [1.807, 2.05) is 11.3 Å². The van der Waals surface area contributed by atoms with Crippen LogP contribution >= 0.6 is 22.7 Å². The minimum Gasteiger partial charge on any atom is -0.278 e. The number of hydrogen-bond acceptors (Lipinski definition) is 4. The Morgan fingerprint density at radius 1 is 0.429 bits per heavy atom. The van der Waals surface area contributed by atoms with Gasteiger partial charge >= 0.3 is 0 Å². The fourth-order valence-corrected chi connectivity index (χ4v) is 9.83. The van der Waals surface area contributed by atoms with Crippen LogP contribution in [0.25, 0.3) is 101 Å². The second-order valence-electron chi connectivity index (χ2n) is 12.6. The van der Waals surface area contributed by atoms with Gasteiger partial charge in [-0.25, -0.2) is 9.97 Å². The highest BCUT2D eigenvalue weighted by atomic mass is 32.1. The van der Waals surface area contributed by atoms with E-state index in [4.69, 9.17) is 9.97 Å². The first kappa shape index (κ1) is 27.1. The number of benzene rings is 7. The molecular weight excluding hydrogens is 635 g/mol. The van der Waals surface area contributed by atoms with Crippen molar-refractivity contribution >= 4 is 95.7 Å². The summed E-state index contributed by atoms with van der Waals surface area (Å²) in [6.45, 7) is 0. The number of thiophene rings is 2. The monoisotopic (exact) mass is 659 g/mol. The fourth-order valence-electron chi connectivity index (χ4n) is 7.55. The predicted octanol–water partition coefficient (Wildman–Crippen LogP) is 12.8. The van der Waals surface area contributed by atoms with E-state index in [-0.39, 0.29) is 0 Å². The summed E-state index contributed by atoms with van der Waals surface area (Å²) in [7, 11) is 0. The highest BCUT2D eigenvalue weighted by Gasteiger charge is 2.21. The summed E-state index contributed by atoms with van der Waals surface area (Å²) in [4.78, 5) is 10.8. The van der Waals surface area contributed by atoms with Crippen molar-refractivity contribution in [1.29, 1.82) is 0 Å². The Morgan fingerprint density at radius 3 is 1.94 bits per heavy atom. The van der Waals surface area contributed by atoms with E-state index in [0.717, 1.165) is 37.9 Å². The van der Waals surface area contributed by atoms with Crippen molar-refractivity contribution in [3.8, 4) is 28.3 Å². The van der Waals surface area contributed by atoms with E-state index in [0.29, 0.717) is 5.95 Å². The molecule has 3 nitrogen and oxygen atoms in total. The van der Waals surface area contributed by atoms with Gasteiger partial charge in [-0.05, 0) is 58.3 Å². The third kappa shape index (κ3) is 4.00. The molecule has 0 amide bonds. The van der Waals surface area contributed by atoms with Crippen LogP contribution in [0.15, 0.2) is 152 Å². The number of hydrogen-bond donors (Lipinski definition) is 0. The third-order valence-corrected chi connectivity index (χ3v) is 12.1. The summed E-state index contributed by atoms with van der Waals surface area (Å²) in [5, 5.41) is 8.71. The maximum absolute atomic E-state index is 5.44. The molecule has 7 aromatic carbocycles. The molecule has 0 spiro atoms. The molecule has 4 heterocycles. The molecule has 0 bridgehead atoms. The average molecular weight is 660 g/mol. The van der Waals surface area contributed by atoms with Gasteiger partial charge in [0.15, 0.2) is 0 Å². The normalized spacial score (nSPS) is 12.1. The van der Waals surface area contributed by atoms with Gasteiger partial charge in [0.1, 0.15) is 0 Å². The predicted molar refractivity (Wildman–Crippen MR) is 211 cm³/mol. The van der Waals surface area contributed by atoms with Crippen molar-refractivity contribution in [3.05, 3.63) is 152 Å². The van der Waals surface area contributed by atoms with Gasteiger partial charge in [-0.15, -0.1) is 22.7 Å². The Balaban J connectivity index is 1.21. The zero-order chi connectivity index (χ0) is 32.1. The molecule has 0 radical (unpaired) electrons. The largest absolute Gasteiger partial charge is 0.278 e. The first-order valence-electron chi connectivity index (χ1n) is 16.4. The van der Waals surface area contributed by atoms with Gasteiger partial charge in [-0.3, -0.25) is 4.57 Å². The van der Waals surface area contributed by atoms with Gasteiger partial charge in [0.05, 0.1) is 26.9 Å². The molecule has 49 heavy (non-hydrogen) atoms. The number of rotatable bonds is 3. The van der Waals surface area contributed by atoms with Gasteiger partial charge in [-0.1, -0.05) is 115 Å². The van der Waals surface area contributed by atoms with Crippen molar-refractivity contribution in [2.24, 2.45) is 0 Å². The van der Waals surface area contributed by atoms with Crippen LogP contribution in [0.2, 0.25) is 0 Å². The number of para-hydroxylation sites is 1. The van der Waals surface area contributed by atoms with Crippen LogP contribution in [0.4, 0.5) is 0 Å². The molecule has 0 saturated carbocycles. The summed E-state index contributed by atoms with van der Waals surface area (Å²) in [5.74, 6) is 0.686. The molecule has 0 N–H and O–H groups in total. The smallest absolute Gasteiger partial charge is 0.235 e. The molecule has 228 valence electrons. The van der Waals surface area contributed by atoms with E-state index >= 15 is 0 Å². The van der Waals surface area contributed by atoms with Crippen LogP contribution in [0.1, 0.15) is 0 Å². The second kappa shape index (κ2) is 10.3. The summed E-state index contributed by atoms with van der Waals surface area (Å²) >= 11 is 3.63.